The molecular weight excluding hydrogens is 497 g/mol. The first kappa shape index (κ1) is 25.9. The third-order valence-electron chi connectivity index (χ3n) is 6.12. The van der Waals surface area contributed by atoms with E-state index in [2.05, 4.69) is 22.3 Å². The number of nitrogens with one attached hydrogen (secondary N) is 1. The summed E-state index contributed by atoms with van der Waals surface area (Å²) in [5.41, 5.74) is -1.68. The summed E-state index contributed by atoms with van der Waals surface area (Å²) in [5.74, 6) is 5.78. The minimum atomic E-state index is -4.53. The fourth-order valence-corrected chi connectivity index (χ4v) is 4.18. The lowest BCUT2D eigenvalue weighted by Crippen LogP contribution is -2.51. The first-order valence-corrected chi connectivity index (χ1v) is 11.9. The molecule has 0 radical (unpaired) electrons. The Morgan fingerprint density at radius 2 is 1.92 bits per heavy atom. The van der Waals surface area contributed by atoms with Crippen molar-refractivity contribution in [3.05, 3.63) is 46.7 Å². The summed E-state index contributed by atoms with van der Waals surface area (Å²) in [6.07, 6.45) is 0.219. The summed E-state index contributed by atoms with van der Waals surface area (Å²) < 4.78 is 45.6. The molecule has 4 rings (SSSR count). The highest BCUT2D eigenvalue weighted by molar-refractivity contribution is 6.33. The van der Waals surface area contributed by atoms with Gasteiger partial charge in [0.2, 0.25) is 0 Å². The Labute approximate surface area is 211 Å². The van der Waals surface area contributed by atoms with Gasteiger partial charge in [0.15, 0.2) is 0 Å². The molecule has 192 valence electrons. The average Bonchev–Trinajstić information content (AvgIpc) is 3.14. The largest absolute Gasteiger partial charge is 0.444 e. The van der Waals surface area contributed by atoms with Crippen molar-refractivity contribution in [1.29, 1.82) is 0 Å². The molecule has 2 fully saturated rings. The Bertz CT molecular complexity index is 1230. The second kappa shape index (κ2) is 9.36. The first-order chi connectivity index (χ1) is 16.8. The maximum absolute atomic E-state index is 13.1. The van der Waals surface area contributed by atoms with Crippen molar-refractivity contribution in [2.45, 2.75) is 57.3 Å². The van der Waals surface area contributed by atoms with Crippen LogP contribution >= 0.6 is 11.6 Å². The number of hydrogen-bond donors (Lipinski definition) is 1. The van der Waals surface area contributed by atoms with E-state index in [-0.39, 0.29) is 22.7 Å². The number of halogens is 4. The molecule has 2 heterocycles. The van der Waals surface area contributed by atoms with Crippen LogP contribution in [0.2, 0.25) is 5.02 Å². The molecule has 1 N–H and O–H groups in total. The lowest BCUT2D eigenvalue weighted by molar-refractivity contribution is -0.137. The molecule has 0 spiro atoms. The van der Waals surface area contributed by atoms with E-state index in [4.69, 9.17) is 16.3 Å². The smallest absolute Gasteiger partial charge is 0.416 e. The number of likely N-dealkylation sites (tertiary alicyclic amines) is 1. The van der Waals surface area contributed by atoms with Crippen LogP contribution in [0.3, 0.4) is 0 Å². The molecule has 0 bridgehead atoms. The zero-order valence-electron chi connectivity index (χ0n) is 20.1. The number of amides is 2. The number of anilines is 1. The predicted octanol–water partition coefficient (Wildman–Crippen LogP) is 5.29. The van der Waals surface area contributed by atoms with Crippen LogP contribution in [0.15, 0.2) is 30.6 Å². The number of nitrogens with zero attached hydrogens (tertiary/aromatic N) is 3. The molecule has 1 aliphatic carbocycles. The number of aromatic nitrogens is 2. The highest BCUT2D eigenvalue weighted by Crippen LogP contribution is 2.41. The van der Waals surface area contributed by atoms with E-state index >= 15 is 0 Å². The van der Waals surface area contributed by atoms with Crippen LogP contribution in [0.25, 0.3) is 0 Å². The second-order valence-electron chi connectivity index (χ2n) is 10.1. The number of hydrogen-bond acceptors (Lipinski definition) is 4. The van der Waals surface area contributed by atoms with Crippen LogP contribution in [-0.4, -0.2) is 45.4 Å². The summed E-state index contributed by atoms with van der Waals surface area (Å²) in [5, 5.41) is 6.80. The molecule has 7 nitrogen and oxygen atoms in total. The number of alkyl halides is 3. The van der Waals surface area contributed by atoms with E-state index in [1.54, 1.807) is 22.0 Å². The van der Waals surface area contributed by atoms with Crippen molar-refractivity contribution in [1.82, 2.24) is 14.7 Å². The fourth-order valence-electron chi connectivity index (χ4n) is 3.96. The number of ether oxygens (including phenoxy) is 1. The summed E-state index contributed by atoms with van der Waals surface area (Å²) in [6.45, 7) is 6.40. The maximum Gasteiger partial charge on any atom is 0.416 e. The Balaban J connectivity index is 1.40. The van der Waals surface area contributed by atoms with Crippen LogP contribution in [0.1, 0.15) is 51.2 Å². The van der Waals surface area contributed by atoms with Gasteiger partial charge in [0.1, 0.15) is 11.1 Å². The van der Waals surface area contributed by atoms with E-state index in [1.807, 2.05) is 20.8 Å². The van der Waals surface area contributed by atoms with E-state index in [0.29, 0.717) is 31.5 Å². The van der Waals surface area contributed by atoms with Crippen molar-refractivity contribution in [3.63, 3.8) is 0 Å². The summed E-state index contributed by atoms with van der Waals surface area (Å²) >= 11 is 6.00. The normalized spacial score (nSPS) is 17.4. The molecule has 0 unspecified atom stereocenters. The number of carbonyl (C=O) groups is 2. The van der Waals surface area contributed by atoms with Gasteiger partial charge in [-0.1, -0.05) is 23.4 Å². The van der Waals surface area contributed by atoms with Gasteiger partial charge in [0.25, 0.3) is 5.91 Å². The van der Waals surface area contributed by atoms with Crippen molar-refractivity contribution in [2.75, 3.05) is 18.4 Å². The number of carbonyl (C=O) groups excluding carboxylic acids is 2. The second-order valence-corrected chi connectivity index (χ2v) is 10.5. The van der Waals surface area contributed by atoms with Gasteiger partial charge in [0.05, 0.1) is 34.0 Å². The lowest BCUT2D eigenvalue weighted by atomic mass is 9.76. The Hall–Kier alpha value is -3.19. The number of rotatable bonds is 3. The van der Waals surface area contributed by atoms with Gasteiger partial charge in [-0.3, -0.25) is 9.48 Å². The third-order valence-corrected chi connectivity index (χ3v) is 6.44. The van der Waals surface area contributed by atoms with Gasteiger partial charge in [-0.2, -0.15) is 18.3 Å². The average molecular weight is 523 g/mol. The van der Waals surface area contributed by atoms with Gasteiger partial charge >= 0.3 is 12.3 Å². The molecule has 1 saturated heterocycles. The SMILES string of the molecule is CC(C)(C)OC(=O)N1CC(C#Cc2cnn(C3(C(=O)Nc4ccc(C(F)(F)F)cc4Cl)CCC3)c2)C1. The molecule has 2 aliphatic rings. The van der Waals surface area contributed by atoms with E-state index in [0.717, 1.165) is 24.6 Å². The van der Waals surface area contributed by atoms with Gasteiger partial charge in [-0.25, -0.2) is 4.79 Å². The Morgan fingerprint density at radius 3 is 2.47 bits per heavy atom. The first-order valence-electron chi connectivity index (χ1n) is 11.5. The molecule has 11 heteroatoms. The van der Waals surface area contributed by atoms with Gasteiger partial charge < -0.3 is 15.0 Å². The van der Waals surface area contributed by atoms with E-state index < -0.39 is 28.8 Å². The molecule has 2 aromatic rings. The maximum atomic E-state index is 13.1. The fraction of sp³-hybridized carbons (Fsp3) is 0.480. The standard InChI is InChI=1S/C25H26ClF3N4O3/c1-23(2,3)36-22(35)32-13-17(14-32)6-5-16-12-30-33(15-16)24(9-4-10-24)21(34)31-20-8-7-18(11-19(20)26)25(27,28)29/h7-8,11-12,15,17H,4,9-10,13-14H2,1-3H3,(H,31,34). The van der Waals surface area contributed by atoms with Crippen LogP contribution in [-0.2, 0) is 21.2 Å². The van der Waals surface area contributed by atoms with Crippen LogP contribution in [0.5, 0.6) is 0 Å². The zero-order chi connectivity index (χ0) is 26.3. The van der Waals surface area contributed by atoms with Crippen molar-refractivity contribution in [3.8, 4) is 11.8 Å². The van der Waals surface area contributed by atoms with Gasteiger partial charge in [-0.15, -0.1) is 0 Å². The van der Waals surface area contributed by atoms with Crippen LogP contribution in [0, 0.1) is 17.8 Å². The number of benzene rings is 1. The van der Waals surface area contributed by atoms with Crippen LogP contribution in [0.4, 0.5) is 23.7 Å². The monoisotopic (exact) mass is 522 g/mol. The molecule has 36 heavy (non-hydrogen) atoms. The Morgan fingerprint density at radius 1 is 1.22 bits per heavy atom. The quantitative estimate of drug-likeness (QED) is 0.556. The van der Waals surface area contributed by atoms with Crippen molar-refractivity contribution >= 4 is 29.3 Å². The summed E-state index contributed by atoms with van der Waals surface area (Å²) in [4.78, 5) is 26.8. The highest BCUT2D eigenvalue weighted by Gasteiger charge is 2.47. The molecule has 1 aliphatic heterocycles. The minimum absolute atomic E-state index is 0.0173. The molecule has 2 amide bonds. The topological polar surface area (TPSA) is 76.5 Å². The molecule has 1 aromatic heterocycles. The van der Waals surface area contributed by atoms with E-state index in [9.17, 15) is 22.8 Å². The van der Waals surface area contributed by atoms with Gasteiger partial charge in [-0.05, 0) is 58.2 Å². The Kier molecular flexibility index (Phi) is 6.73. The molecule has 0 atom stereocenters. The van der Waals surface area contributed by atoms with Crippen LogP contribution < -0.4 is 5.32 Å². The summed E-state index contributed by atoms with van der Waals surface area (Å²) in [6, 6.07) is 2.81. The summed E-state index contributed by atoms with van der Waals surface area (Å²) in [7, 11) is 0. The minimum Gasteiger partial charge on any atom is -0.444 e. The van der Waals surface area contributed by atoms with Crippen molar-refractivity contribution in [2.24, 2.45) is 5.92 Å². The van der Waals surface area contributed by atoms with Crippen molar-refractivity contribution < 1.29 is 27.5 Å². The molecule has 1 saturated carbocycles. The molecular formula is C25H26ClF3N4O3. The zero-order valence-corrected chi connectivity index (χ0v) is 20.8. The van der Waals surface area contributed by atoms with Gasteiger partial charge in [0, 0.05) is 19.3 Å². The lowest BCUT2D eigenvalue weighted by Gasteiger charge is -2.40. The predicted molar refractivity (Wildman–Crippen MR) is 127 cm³/mol. The third kappa shape index (κ3) is 5.46. The molecule has 1 aromatic carbocycles. The van der Waals surface area contributed by atoms with E-state index in [1.165, 1.54) is 0 Å². The highest BCUT2D eigenvalue weighted by atomic mass is 35.5.